The van der Waals surface area contributed by atoms with Crippen molar-refractivity contribution in [1.29, 1.82) is 0 Å². The molecule has 0 atom stereocenters. The van der Waals surface area contributed by atoms with Gasteiger partial charge < -0.3 is 5.32 Å². The third-order valence-corrected chi connectivity index (χ3v) is 5.31. The number of hydrogen-bond donors (Lipinski definition) is 1. The van der Waals surface area contributed by atoms with Gasteiger partial charge in [0.25, 0.3) is 0 Å². The normalized spacial score (nSPS) is 11.2. The molecule has 1 heterocycles. The number of hydrogen-bond acceptors (Lipinski definition) is 6. The summed E-state index contributed by atoms with van der Waals surface area (Å²) >= 11 is 2.94. The number of nitrogens with one attached hydrogen (secondary N) is 1. The van der Waals surface area contributed by atoms with Gasteiger partial charge in [-0.15, -0.1) is 10.2 Å². The monoisotopic (exact) mass is 349 g/mol. The number of thioether (sulfide) groups is 1. The molecule has 2 rings (SSSR count). The molecule has 23 heavy (non-hydrogen) atoms. The van der Waals surface area contributed by atoms with Gasteiger partial charge in [-0.25, -0.2) is 0 Å². The molecule has 0 saturated carbocycles. The molecule has 1 N–H and O–H groups in total. The first kappa shape index (κ1) is 17.9. The van der Waals surface area contributed by atoms with Crippen LogP contribution < -0.4 is 5.32 Å². The Labute approximate surface area is 146 Å². The zero-order valence-electron chi connectivity index (χ0n) is 14.0. The van der Waals surface area contributed by atoms with E-state index in [1.807, 2.05) is 24.3 Å². The van der Waals surface area contributed by atoms with Gasteiger partial charge in [0.05, 0.1) is 5.75 Å². The molecule has 0 radical (unpaired) electrons. The number of rotatable bonds is 8. The van der Waals surface area contributed by atoms with E-state index in [0.29, 0.717) is 17.6 Å². The largest absolute Gasteiger partial charge is 0.360 e. The minimum Gasteiger partial charge on any atom is -0.360 e. The molecule has 0 aliphatic carbocycles. The predicted octanol–water partition coefficient (Wildman–Crippen LogP) is 4.70. The maximum Gasteiger partial charge on any atom is 0.206 e. The lowest BCUT2D eigenvalue weighted by atomic mass is 10.0. The SMILES string of the molecule is CC(C)CNc1nnc(SCC(=O)c2ccc(C(C)C)cc2)s1. The summed E-state index contributed by atoms with van der Waals surface area (Å²) in [5.74, 6) is 1.55. The summed E-state index contributed by atoms with van der Waals surface area (Å²) in [6.45, 7) is 9.46. The molecular weight excluding hydrogens is 326 g/mol. The Morgan fingerprint density at radius 1 is 1.17 bits per heavy atom. The molecule has 0 saturated heterocycles. The van der Waals surface area contributed by atoms with Crippen LogP contribution in [0, 0.1) is 5.92 Å². The lowest BCUT2D eigenvalue weighted by Crippen LogP contribution is -2.07. The smallest absolute Gasteiger partial charge is 0.206 e. The number of nitrogens with zero attached hydrogens (tertiary/aromatic N) is 2. The molecule has 124 valence electrons. The van der Waals surface area contributed by atoms with Crippen LogP contribution in [0.4, 0.5) is 5.13 Å². The maximum atomic E-state index is 12.2. The highest BCUT2D eigenvalue weighted by Gasteiger charge is 2.11. The Bertz CT molecular complexity index is 636. The summed E-state index contributed by atoms with van der Waals surface area (Å²) in [6.07, 6.45) is 0. The summed E-state index contributed by atoms with van der Waals surface area (Å²) in [5.41, 5.74) is 2.00. The molecule has 6 heteroatoms. The molecule has 0 aliphatic rings. The number of benzene rings is 1. The van der Waals surface area contributed by atoms with Gasteiger partial charge in [-0.05, 0) is 17.4 Å². The zero-order chi connectivity index (χ0) is 16.8. The van der Waals surface area contributed by atoms with E-state index in [1.165, 1.54) is 28.7 Å². The first-order valence-electron chi connectivity index (χ1n) is 7.79. The van der Waals surface area contributed by atoms with Crippen LogP contribution in [-0.2, 0) is 0 Å². The van der Waals surface area contributed by atoms with Crippen LogP contribution in [0.15, 0.2) is 28.6 Å². The van der Waals surface area contributed by atoms with E-state index in [9.17, 15) is 4.79 Å². The number of anilines is 1. The number of carbonyl (C=O) groups is 1. The first-order chi connectivity index (χ1) is 11.0. The second kappa shape index (κ2) is 8.45. The van der Waals surface area contributed by atoms with Gasteiger partial charge in [0.1, 0.15) is 0 Å². The van der Waals surface area contributed by atoms with Crippen LogP contribution in [0.5, 0.6) is 0 Å². The average Bonchev–Trinajstić information content (AvgIpc) is 2.98. The van der Waals surface area contributed by atoms with Crippen molar-refractivity contribution in [3.05, 3.63) is 35.4 Å². The van der Waals surface area contributed by atoms with Crippen molar-refractivity contribution in [3.63, 3.8) is 0 Å². The first-order valence-corrected chi connectivity index (χ1v) is 9.59. The molecule has 0 aliphatic heterocycles. The Hall–Kier alpha value is -1.40. The van der Waals surface area contributed by atoms with Crippen LogP contribution in [-0.4, -0.2) is 28.3 Å². The van der Waals surface area contributed by atoms with Crippen molar-refractivity contribution in [2.24, 2.45) is 5.92 Å². The van der Waals surface area contributed by atoms with Crippen molar-refractivity contribution in [3.8, 4) is 0 Å². The lowest BCUT2D eigenvalue weighted by molar-refractivity contribution is 0.102. The van der Waals surface area contributed by atoms with Crippen molar-refractivity contribution in [2.45, 2.75) is 38.0 Å². The second-order valence-electron chi connectivity index (χ2n) is 6.14. The molecule has 0 amide bonds. The zero-order valence-corrected chi connectivity index (χ0v) is 15.6. The Morgan fingerprint density at radius 2 is 1.87 bits per heavy atom. The summed E-state index contributed by atoms with van der Waals surface area (Å²) in [6, 6.07) is 7.88. The van der Waals surface area contributed by atoms with Crippen LogP contribution in [0.25, 0.3) is 0 Å². The van der Waals surface area contributed by atoms with Crippen LogP contribution in [0.2, 0.25) is 0 Å². The summed E-state index contributed by atoms with van der Waals surface area (Å²) in [5, 5.41) is 12.3. The molecule has 4 nitrogen and oxygen atoms in total. The molecule has 1 aromatic heterocycles. The summed E-state index contributed by atoms with van der Waals surface area (Å²) in [7, 11) is 0. The minimum atomic E-state index is 0.122. The molecule has 2 aromatic rings. The van der Waals surface area contributed by atoms with Crippen LogP contribution >= 0.6 is 23.1 Å². The quantitative estimate of drug-likeness (QED) is 0.553. The topological polar surface area (TPSA) is 54.9 Å². The van der Waals surface area contributed by atoms with Gasteiger partial charge in [0.2, 0.25) is 5.13 Å². The summed E-state index contributed by atoms with van der Waals surface area (Å²) < 4.78 is 0.823. The molecule has 0 spiro atoms. The fourth-order valence-corrected chi connectivity index (χ4v) is 3.55. The van der Waals surface area contributed by atoms with E-state index in [4.69, 9.17) is 0 Å². The van der Waals surface area contributed by atoms with Gasteiger partial charge >= 0.3 is 0 Å². The van der Waals surface area contributed by atoms with Gasteiger partial charge in [0.15, 0.2) is 10.1 Å². The van der Waals surface area contributed by atoms with E-state index in [0.717, 1.165) is 21.6 Å². The Balaban J connectivity index is 1.86. The third kappa shape index (κ3) is 5.62. The van der Waals surface area contributed by atoms with Crippen LogP contribution in [0.1, 0.15) is 49.5 Å². The predicted molar refractivity (Wildman–Crippen MR) is 98.8 cm³/mol. The van der Waals surface area contributed by atoms with Gasteiger partial charge in [-0.2, -0.15) is 0 Å². The molecule has 0 unspecified atom stereocenters. The van der Waals surface area contributed by atoms with Crippen molar-refractivity contribution in [2.75, 3.05) is 17.6 Å². The van der Waals surface area contributed by atoms with E-state index < -0.39 is 0 Å². The standard InChI is InChI=1S/C17H23N3OS2/c1-11(2)9-18-16-19-20-17(23-16)22-10-15(21)14-7-5-13(6-8-14)12(3)4/h5-8,11-12H,9-10H2,1-4H3,(H,18,19). The highest BCUT2D eigenvalue weighted by molar-refractivity contribution is 8.01. The fraction of sp³-hybridized carbons (Fsp3) is 0.471. The molecule has 0 bridgehead atoms. The van der Waals surface area contributed by atoms with Crippen LogP contribution in [0.3, 0.4) is 0 Å². The second-order valence-corrected chi connectivity index (χ2v) is 8.34. The Kier molecular flexibility index (Phi) is 6.59. The maximum absolute atomic E-state index is 12.2. The minimum absolute atomic E-state index is 0.122. The molecule has 0 fully saturated rings. The fourth-order valence-electron chi connectivity index (χ4n) is 1.90. The van der Waals surface area contributed by atoms with E-state index in [1.54, 1.807) is 0 Å². The highest BCUT2D eigenvalue weighted by Crippen LogP contribution is 2.26. The number of ketones is 1. The average molecular weight is 350 g/mol. The van der Waals surface area contributed by atoms with Gasteiger partial charge in [0, 0.05) is 12.1 Å². The molecular formula is C17H23N3OS2. The Morgan fingerprint density at radius 3 is 2.48 bits per heavy atom. The molecule has 1 aromatic carbocycles. The summed E-state index contributed by atoms with van der Waals surface area (Å²) in [4.78, 5) is 12.2. The van der Waals surface area contributed by atoms with E-state index in [2.05, 4.69) is 43.2 Å². The third-order valence-electron chi connectivity index (χ3n) is 3.29. The van der Waals surface area contributed by atoms with Crippen molar-refractivity contribution >= 4 is 34.0 Å². The number of Topliss-reactive ketones (excluding diaryl/α,β-unsaturated/α-hetero) is 1. The number of aromatic nitrogens is 2. The van der Waals surface area contributed by atoms with Gasteiger partial charge in [-0.3, -0.25) is 4.79 Å². The highest BCUT2D eigenvalue weighted by atomic mass is 32.2. The van der Waals surface area contributed by atoms with E-state index >= 15 is 0 Å². The lowest BCUT2D eigenvalue weighted by Gasteiger charge is -2.06. The van der Waals surface area contributed by atoms with E-state index in [-0.39, 0.29) is 5.78 Å². The number of carbonyl (C=O) groups excluding carboxylic acids is 1. The van der Waals surface area contributed by atoms with Crippen molar-refractivity contribution < 1.29 is 4.79 Å². The van der Waals surface area contributed by atoms with Gasteiger partial charge in [-0.1, -0.05) is 75.1 Å². The van der Waals surface area contributed by atoms with Crippen molar-refractivity contribution in [1.82, 2.24) is 10.2 Å².